The lowest BCUT2D eigenvalue weighted by molar-refractivity contribution is -0.136. The number of aliphatic carboxylic acids is 1. The van der Waals surface area contributed by atoms with Gasteiger partial charge in [0.1, 0.15) is 0 Å². The van der Waals surface area contributed by atoms with Crippen molar-refractivity contribution in [2.24, 2.45) is 0 Å². The fourth-order valence-electron chi connectivity index (χ4n) is 0.901. The molecule has 0 radical (unpaired) electrons. The Morgan fingerprint density at radius 3 is 3.00 bits per heavy atom. The normalized spacial score (nSPS) is 10.4. The predicted molar refractivity (Wildman–Crippen MR) is 47.6 cm³/mol. The minimum Gasteiger partial charge on any atom is -0.481 e. The van der Waals surface area contributed by atoms with Crippen LogP contribution >= 0.6 is 0 Å². The molecular weight excluding hydrogens is 186 g/mol. The molecule has 6 heteroatoms. The van der Waals surface area contributed by atoms with Gasteiger partial charge in [0.05, 0.1) is 13.0 Å². The van der Waals surface area contributed by atoms with Crippen LogP contribution < -0.4 is 5.32 Å². The first-order chi connectivity index (χ1) is 6.72. The molecule has 1 aromatic heterocycles. The standard InChI is InChI=1S/C8H13N3O3/c1-2-7-10-6(11-14-7)5-9-4-3-8(12)13/h9H,2-5H2,1H3,(H,12,13). The summed E-state index contributed by atoms with van der Waals surface area (Å²) in [6, 6.07) is 0. The third kappa shape index (κ3) is 3.53. The minimum atomic E-state index is -0.820. The second-order valence-corrected chi connectivity index (χ2v) is 2.78. The van der Waals surface area contributed by atoms with Gasteiger partial charge in [-0.2, -0.15) is 4.98 Å². The van der Waals surface area contributed by atoms with E-state index in [9.17, 15) is 4.79 Å². The molecule has 14 heavy (non-hydrogen) atoms. The van der Waals surface area contributed by atoms with Gasteiger partial charge in [-0.05, 0) is 0 Å². The molecule has 0 unspecified atom stereocenters. The van der Waals surface area contributed by atoms with Crippen LogP contribution in [0.1, 0.15) is 25.1 Å². The van der Waals surface area contributed by atoms with Crippen molar-refractivity contribution >= 4 is 5.97 Å². The van der Waals surface area contributed by atoms with E-state index in [2.05, 4.69) is 15.5 Å². The summed E-state index contributed by atoms with van der Waals surface area (Å²) in [5, 5.41) is 15.0. The molecule has 0 aliphatic carbocycles. The Balaban J connectivity index is 2.21. The summed E-state index contributed by atoms with van der Waals surface area (Å²) in [6.45, 7) is 2.78. The van der Waals surface area contributed by atoms with Gasteiger partial charge in [-0.15, -0.1) is 0 Å². The van der Waals surface area contributed by atoms with Gasteiger partial charge in [-0.25, -0.2) is 0 Å². The molecule has 0 spiro atoms. The van der Waals surface area contributed by atoms with E-state index in [-0.39, 0.29) is 6.42 Å². The first kappa shape index (κ1) is 10.6. The molecule has 0 bridgehead atoms. The van der Waals surface area contributed by atoms with Gasteiger partial charge in [0, 0.05) is 13.0 Å². The van der Waals surface area contributed by atoms with Crippen LogP contribution in [-0.2, 0) is 17.8 Å². The van der Waals surface area contributed by atoms with E-state index >= 15 is 0 Å². The Morgan fingerprint density at radius 1 is 1.64 bits per heavy atom. The molecule has 0 fully saturated rings. The number of hydrogen-bond donors (Lipinski definition) is 2. The molecule has 78 valence electrons. The van der Waals surface area contributed by atoms with Gasteiger partial charge in [0.25, 0.3) is 0 Å². The summed E-state index contributed by atoms with van der Waals surface area (Å²) >= 11 is 0. The summed E-state index contributed by atoms with van der Waals surface area (Å²) < 4.78 is 4.87. The maximum absolute atomic E-state index is 10.2. The van der Waals surface area contributed by atoms with Gasteiger partial charge in [-0.1, -0.05) is 12.1 Å². The average molecular weight is 199 g/mol. The Bertz CT molecular complexity index is 298. The second-order valence-electron chi connectivity index (χ2n) is 2.78. The van der Waals surface area contributed by atoms with E-state index in [4.69, 9.17) is 9.63 Å². The highest BCUT2D eigenvalue weighted by atomic mass is 16.5. The zero-order valence-electron chi connectivity index (χ0n) is 7.99. The maximum Gasteiger partial charge on any atom is 0.304 e. The SMILES string of the molecule is CCc1nc(CNCCC(=O)O)no1. The van der Waals surface area contributed by atoms with Crippen LogP contribution in [0, 0.1) is 0 Å². The largest absolute Gasteiger partial charge is 0.481 e. The van der Waals surface area contributed by atoms with E-state index in [1.165, 1.54) is 0 Å². The van der Waals surface area contributed by atoms with Crippen LogP contribution in [-0.4, -0.2) is 27.8 Å². The van der Waals surface area contributed by atoms with E-state index in [0.29, 0.717) is 31.2 Å². The van der Waals surface area contributed by atoms with Crippen molar-refractivity contribution in [3.05, 3.63) is 11.7 Å². The van der Waals surface area contributed by atoms with Crippen LogP contribution in [0.3, 0.4) is 0 Å². The maximum atomic E-state index is 10.2. The highest BCUT2D eigenvalue weighted by Crippen LogP contribution is 1.96. The summed E-state index contributed by atoms with van der Waals surface area (Å²) in [5.41, 5.74) is 0. The van der Waals surface area contributed by atoms with Crippen molar-refractivity contribution < 1.29 is 14.4 Å². The monoisotopic (exact) mass is 199 g/mol. The molecular formula is C8H13N3O3. The highest BCUT2D eigenvalue weighted by Gasteiger charge is 2.03. The van der Waals surface area contributed by atoms with Gasteiger partial charge < -0.3 is 14.9 Å². The van der Waals surface area contributed by atoms with Crippen LogP contribution in [0.25, 0.3) is 0 Å². The molecule has 1 rings (SSSR count). The molecule has 0 saturated heterocycles. The van der Waals surface area contributed by atoms with E-state index in [0.717, 1.165) is 0 Å². The number of aryl methyl sites for hydroxylation is 1. The highest BCUT2D eigenvalue weighted by molar-refractivity contribution is 5.66. The van der Waals surface area contributed by atoms with Crippen molar-refractivity contribution in [2.45, 2.75) is 26.3 Å². The van der Waals surface area contributed by atoms with Gasteiger partial charge in [-0.3, -0.25) is 4.79 Å². The quantitative estimate of drug-likeness (QED) is 0.636. The number of aromatic nitrogens is 2. The zero-order valence-corrected chi connectivity index (χ0v) is 7.99. The van der Waals surface area contributed by atoms with E-state index < -0.39 is 5.97 Å². The molecule has 1 heterocycles. The molecule has 1 aromatic rings. The van der Waals surface area contributed by atoms with Crippen molar-refractivity contribution in [1.29, 1.82) is 0 Å². The lowest BCUT2D eigenvalue weighted by atomic mass is 10.4. The summed E-state index contributed by atoms with van der Waals surface area (Å²) in [7, 11) is 0. The van der Waals surface area contributed by atoms with Crippen LogP contribution in [0.4, 0.5) is 0 Å². The third-order valence-electron chi connectivity index (χ3n) is 1.61. The first-order valence-corrected chi connectivity index (χ1v) is 4.46. The Morgan fingerprint density at radius 2 is 2.43 bits per heavy atom. The number of carbonyl (C=O) groups is 1. The minimum absolute atomic E-state index is 0.0957. The molecule has 0 aromatic carbocycles. The number of carboxylic acid groups (broad SMARTS) is 1. The molecule has 2 N–H and O–H groups in total. The van der Waals surface area contributed by atoms with Crippen molar-refractivity contribution in [3.8, 4) is 0 Å². The Kier molecular flexibility index (Phi) is 4.06. The smallest absolute Gasteiger partial charge is 0.304 e. The summed E-state index contributed by atoms with van der Waals surface area (Å²) in [6.07, 6.45) is 0.806. The number of carboxylic acids is 1. The number of rotatable bonds is 6. The fraction of sp³-hybridized carbons (Fsp3) is 0.625. The topological polar surface area (TPSA) is 88.2 Å². The van der Waals surface area contributed by atoms with E-state index in [1.54, 1.807) is 0 Å². The van der Waals surface area contributed by atoms with Crippen molar-refractivity contribution in [1.82, 2.24) is 15.5 Å². The van der Waals surface area contributed by atoms with Crippen LogP contribution in [0.5, 0.6) is 0 Å². The molecule has 0 amide bonds. The van der Waals surface area contributed by atoms with Crippen molar-refractivity contribution in [2.75, 3.05) is 6.54 Å². The zero-order chi connectivity index (χ0) is 10.4. The number of nitrogens with zero attached hydrogens (tertiary/aromatic N) is 2. The van der Waals surface area contributed by atoms with Gasteiger partial charge in [0.2, 0.25) is 5.89 Å². The Labute approximate surface area is 81.3 Å². The van der Waals surface area contributed by atoms with Gasteiger partial charge in [0.15, 0.2) is 5.82 Å². The molecule has 6 nitrogen and oxygen atoms in total. The summed E-state index contributed by atoms with van der Waals surface area (Å²) in [5.74, 6) is 0.340. The van der Waals surface area contributed by atoms with Crippen LogP contribution in [0.2, 0.25) is 0 Å². The van der Waals surface area contributed by atoms with Gasteiger partial charge >= 0.3 is 5.97 Å². The number of nitrogens with one attached hydrogen (secondary N) is 1. The molecule has 0 aliphatic heterocycles. The fourth-order valence-corrected chi connectivity index (χ4v) is 0.901. The van der Waals surface area contributed by atoms with Crippen LogP contribution in [0.15, 0.2) is 4.52 Å². The predicted octanol–water partition coefficient (Wildman–Crippen LogP) is 0.196. The summed E-state index contributed by atoms with van der Waals surface area (Å²) in [4.78, 5) is 14.2. The average Bonchev–Trinajstić information content (AvgIpc) is 2.60. The third-order valence-corrected chi connectivity index (χ3v) is 1.61. The lowest BCUT2D eigenvalue weighted by Crippen LogP contribution is -2.18. The molecule has 0 aliphatic rings. The second kappa shape index (κ2) is 5.33. The molecule has 0 saturated carbocycles. The number of hydrogen-bond acceptors (Lipinski definition) is 5. The molecule has 0 atom stereocenters. The lowest BCUT2D eigenvalue weighted by Gasteiger charge is -1.96. The first-order valence-electron chi connectivity index (χ1n) is 4.46. The van der Waals surface area contributed by atoms with Crippen molar-refractivity contribution in [3.63, 3.8) is 0 Å². The van der Waals surface area contributed by atoms with E-state index in [1.807, 2.05) is 6.92 Å². The Hall–Kier alpha value is -1.43.